The van der Waals surface area contributed by atoms with Gasteiger partial charge in [-0.25, -0.2) is 0 Å². The maximum Gasteiger partial charge on any atom is 0.193 e. The lowest BCUT2D eigenvalue weighted by Gasteiger charge is -2.01. The Balaban J connectivity index is 1.99. The molecule has 0 bridgehead atoms. The summed E-state index contributed by atoms with van der Waals surface area (Å²) in [6.45, 7) is 4.05. The molecule has 0 atom stereocenters. The molecule has 0 aliphatic carbocycles. The Morgan fingerprint density at radius 3 is 2.79 bits per heavy atom. The molecular formula is C11H18ClNO. The second-order valence-electron chi connectivity index (χ2n) is 3.44. The molecule has 1 heterocycles. The number of unbranched alkanes of at least 4 members (excludes halogenated alkanes) is 3. The molecule has 1 aromatic rings. The maximum atomic E-state index is 5.65. The van der Waals surface area contributed by atoms with Gasteiger partial charge in [0, 0.05) is 0 Å². The first-order chi connectivity index (χ1) is 6.83. The molecule has 0 amide bonds. The molecule has 0 spiro atoms. The summed E-state index contributed by atoms with van der Waals surface area (Å²) in [5.74, 6) is 0.908. The van der Waals surface area contributed by atoms with Crippen LogP contribution >= 0.6 is 11.6 Å². The minimum atomic E-state index is 0.466. The van der Waals surface area contributed by atoms with E-state index in [1.165, 1.54) is 25.7 Å². The smallest absolute Gasteiger partial charge is 0.193 e. The van der Waals surface area contributed by atoms with Crippen LogP contribution in [0.5, 0.6) is 0 Å². The van der Waals surface area contributed by atoms with Crippen molar-refractivity contribution in [3.05, 3.63) is 23.1 Å². The first kappa shape index (κ1) is 11.6. The predicted molar refractivity (Wildman–Crippen MR) is 59.6 cm³/mol. The van der Waals surface area contributed by atoms with Gasteiger partial charge in [-0.3, -0.25) is 0 Å². The monoisotopic (exact) mass is 215 g/mol. The van der Waals surface area contributed by atoms with Gasteiger partial charge in [0.15, 0.2) is 5.22 Å². The van der Waals surface area contributed by atoms with E-state index in [2.05, 4.69) is 12.2 Å². The van der Waals surface area contributed by atoms with Crippen molar-refractivity contribution >= 4 is 11.6 Å². The zero-order valence-electron chi connectivity index (χ0n) is 8.68. The molecule has 1 aromatic heterocycles. The van der Waals surface area contributed by atoms with Gasteiger partial charge in [-0.15, -0.1) is 0 Å². The van der Waals surface area contributed by atoms with Gasteiger partial charge in [0.05, 0.1) is 6.54 Å². The second-order valence-corrected chi connectivity index (χ2v) is 3.82. The van der Waals surface area contributed by atoms with E-state index < -0.39 is 0 Å². The van der Waals surface area contributed by atoms with Crippen molar-refractivity contribution in [2.75, 3.05) is 6.54 Å². The van der Waals surface area contributed by atoms with Crippen molar-refractivity contribution in [1.29, 1.82) is 0 Å². The number of furan rings is 1. The van der Waals surface area contributed by atoms with Gasteiger partial charge in [-0.2, -0.15) is 0 Å². The maximum absolute atomic E-state index is 5.65. The van der Waals surface area contributed by atoms with Crippen molar-refractivity contribution in [1.82, 2.24) is 5.32 Å². The highest BCUT2D eigenvalue weighted by molar-refractivity contribution is 6.28. The van der Waals surface area contributed by atoms with E-state index in [0.717, 1.165) is 18.8 Å². The van der Waals surface area contributed by atoms with Crippen LogP contribution in [0.1, 0.15) is 38.4 Å². The van der Waals surface area contributed by atoms with E-state index in [0.29, 0.717) is 5.22 Å². The Kier molecular flexibility index (Phi) is 5.72. The minimum absolute atomic E-state index is 0.466. The van der Waals surface area contributed by atoms with Crippen molar-refractivity contribution in [3.8, 4) is 0 Å². The quantitative estimate of drug-likeness (QED) is 0.703. The largest absolute Gasteiger partial charge is 0.448 e. The summed E-state index contributed by atoms with van der Waals surface area (Å²) in [6, 6.07) is 3.68. The number of halogens is 1. The van der Waals surface area contributed by atoms with Gasteiger partial charge in [-0.05, 0) is 36.7 Å². The van der Waals surface area contributed by atoms with E-state index in [9.17, 15) is 0 Å². The van der Waals surface area contributed by atoms with Crippen molar-refractivity contribution < 1.29 is 4.42 Å². The number of nitrogens with one attached hydrogen (secondary N) is 1. The normalized spacial score (nSPS) is 10.7. The average molecular weight is 216 g/mol. The van der Waals surface area contributed by atoms with Crippen LogP contribution in [0, 0.1) is 0 Å². The lowest BCUT2D eigenvalue weighted by atomic mass is 10.2. The molecule has 3 heteroatoms. The van der Waals surface area contributed by atoms with Crippen LogP contribution in [0.15, 0.2) is 16.5 Å². The van der Waals surface area contributed by atoms with Gasteiger partial charge in [0.25, 0.3) is 0 Å². The molecule has 1 rings (SSSR count). The molecule has 0 unspecified atom stereocenters. The summed E-state index contributed by atoms with van der Waals surface area (Å²) >= 11 is 5.65. The summed E-state index contributed by atoms with van der Waals surface area (Å²) in [7, 11) is 0. The highest BCUT2D eigenvalue weighted by Gasteiger charge is 1.97. The summed E-state index contributed by atoms with van der Waals surface area (Å²) < 4.78 is 5.21. The molecule has 0 aromatic carbocycles. The van der Waals surface area contributed by atoms with E-state index in [1.54, 1.807) is 6.07 Å². The van der Waals surface area contributed by atoms with Gasteiger partial charge >= 0.3 is 0 Å². The van der Waals surface area contributed by atoms with Crippen LogP contribution < -0.4 is 5.32 Å². The summed E-state index contributed by atoms with van der Waals surface area (Å²) in [4.78, 5) is 0. The van der Waals surface area contributed by atoms with E-state index in [1.807, 2.05) is 6.07 Å². The average Bonchev–Trinajstić information content (AvgIpc) is 2.58. The van der Waals surface area contributed by atoms with E-state index in [4.69, 9.17) is 16.0 Å². The third-order valence-corrected chi connectivity index (χ3v) is 2.34. The lowest BCUT2D eigenvalue weighted by Crippen LogP contribution is -2.13. The molecule has 0 fully saturated rings. The molecule has 0 saturated carbocycles. The molecule has 0 aliphatic heterocycles. The first-order valence-corrected chi connectivity index (χ1v) is 5.65. The minimum Gasteiger partial charge on any atom is -0.448 e. The Hall–Kier alpha value is -0.470. The molecule has 1 N–H and O–H groups in total. The predicted octanol–water partition coefficient (Wildman–Crippen LogP) is 3.60. The van der Waals surface area contributed by atoms with Gasteiger partial charge < -0.3 is 9.73 Å². The molecule has 2 nitrogen and oxygen atoms in total. The van der Waals surface area contributed by atoms with Crippen LogP contribution in [0.25, 0.3) is 0 Å². The van der Waals surface area contributed by atoms with Crippen LogP contribution in [0.2, 0.25) is 5.22 Å². The fraction of sp³-hybridized carbons (Fsp3) is 0.636. The molecule has 0 aliphatic rings. The summed E-state index contributed by atoms with van der Waals surface area (Å²) in [5.41, 5.74) is 0. The van der Waals surface area contributed by atoms with Gasteiger partial charge in [0.2, 0.25) is 0 Å². The highest BCUT2D eigenvalue weighted by atomic mass is 35.5. The standard InChI is InChI=1S/C11H18ClNO/c1-2-3-4-5-8-13-9-10-6-7-11(12)14-10/h6-7,13H,2-5,8-9H2,1H3. The molecular weight excluding hydrogens is 198 g/mol. The van der Waals surface area contributed by atoms with Crippen LogP contribution in [0.3, 0.4) is 0 Å². The zero-order valence-corrected chi connectivity index (χ0v) is 9.44. The number of rotatable bonds is 7. The van der Waals surface area contributed by atoms with Gasteiger partial charge in [-0.1, -0.05) is 26.2 Å². The third kappa shape index (κ3) is 4.68. The van der Waals surface area contributed by atoms with Crippen molar-refractivity contribution in [2.45, 2.75) is 39.2 Å². The Labute approximate surface area is 90.6 Å². The highest BCUT2D eigenvalue weighted by Crippen LogP contribution is 2.12. The third-order valence-electron chi connectivity index (χ3n) is 2.14. The van der Waals surface area contributed by atoms with E-state index >= 15 is 0 Å². The van der Waals surface area contributed by atoms with Gasteiger partial charge in [0.1, 0.15) is 5.76 Å². The number of hydrogen-bond acceptors (Lipinski definition) is 2. The Bertz CT molecular complexity index is 247. The first-order valence-electron chi connectivity index (χ1n) is 5.28. The van der Waals surface area contributed by atoms with Crippen LogP contribution in [0.4, 0.5) is 0 Å². The zero-order chi connectivity index (χ0) is 10.2. The van der Waals surface area contributed by atoms with E-state index in [-0.39, 0.29) is 0 Å². The topological polar surface area (TPSA) is 25.2 Å². The fourth-order valence-corrected chi connectivity index (χ4v) is 1.50. The van der Waals surface area contributed by atoms with Crippen LogP contribution in [-0.2, 0) is 6.54 Å². The van der Waals surface area contributed by atoms with Crippen molar-refractivity contribution in [2.24, 2.45) is 0 Å². The van der Waals surface area contributed by atoms with Crippen molar-refractivity contribution in [3.63, 3.8) is 0 Å². The number of hydrogen-bond donors (Lipinski definition) is 1. The molecule has 80 valence electrons. The molecule has 0 radical (unpaired) electrons. The summed E-state index contributed by atoms with van der Waals surface area (Å²) in [5, 5.41) is 3.79. The van der Waals surface area contributed by atoms with Crippen LogP contribution in [-0.4, -0.2) is 6.54 Å². The fourth-order valence-electron chi connectivity index (χ4n) is 1.34. The summed E-state index contributed by atoms with van der Waals surface area (Å²) in [6.07, 6.45) is 5.16. The lowest BCUT2D eigenvalue weighted by molar-refractivity contribution is 0.479. The SMILES string of the molecule is CCCCCCNCc1ccc(Cl)o1. The molecule has 14 heavy (non-hydrogen) atoms. The Morgan fingerprint density at radius 2 is 2.14 bits per heavy atom. The molecule has 0 saturated heterocycles. The second kappa shape index (κ2) is 6.91. The Morgan fingerprint density at radius 1 is 1.29 bits per heavy atom.